The first-order valence-corrected chi connectivity index (χ1v) is 7.99. The Kier molecular flexibility index (Phi) is 6.07. The fourth-order valence-corrected chi connectivity index (χ4v) is 2.56. The van der Waals surface area contributed by atoms with Crippen LogP contribution in [0, 0.1) is 0 Å². The number of piperazine rings is 1. The molecule has 0 bridgehead atoms. The Balaban J connectivity index is 1.92. The Morgan fingerprint density at radius 2 is 2.05 bits per heavy atom. The van der Waals surface area contributed by atoms with E-state index in [9.17, 15) is 4.79 Å². The van der Waals surface area contributed by atoms with Crippen molar-refractivity contribution < 1.29 is 4.79 Å². The lowest BCUT2D eigenvalue weighted by atomic mass is 10.2. The molecule has 0 unspecified atom stereocenters. The van der Waals surface area contributed by atoms with E-state index in [4.69, 9.17) is 11.6 Å². The van der Waals surface area contributed by atoms with Gasteiger partial charge in [0.1, 0.15) is 0 Å². The van der Waals surface area contributed by atoms with E-state index in [-0.39, 0.29) is 5.91 Å². The lowest BCUT2D eigenvalue weighted by Crippen LogP contribution is -2.54. The molecular formula is C16H23ClN4O. The maximum absolute atomic E-state index is 12.3. The molecule has 2 rings (SSSR count). The molecule has 6 heteroatoms. The van der Waals surface area contributed by atoms with Gasteiger partial charge in [-0.15, -0.1) is 0 Å². The number of hydrogen-bond donors (Lipinski definition) is 1. The summed E-state index contributed by atoms with van der Waals surface area (Å²) >= 11 is 5.89. The van der Waals surface area contributed by atoms with Crippen LogP contribution in [0.3, 0.4) is 0 Å². The van der Waals surface area contributed by atoms with Crippen LogP contribution in [0.25, 0.3) is 0 Å². The summed E-state index contributed by atoms with van der Waals surface area (Å²) in [4.78, 5) is 20.5. The first-order chi connectivity index (χ1) is 10.6. The second-order valence-corrected chi connectivity index (χ2v) is 5.77. The minimum atomic E-state index is 0.126. The van der Waals surface area contributed by atoms with Crippen molar-refractivity contribution >= 4 is 23.5 Å². The highest BCUT2D eigenvalue weighted by atomic mass is 35.5. The smallest absolute Gasteiger partial charge is 0.242 e. The number of guanidine groups is 1. The number of halogens is 1. The molecule has 1 saturated heterocycles. The second kappa shape index (κ2) is 8.03. The molecule has 0 spiro atoms. The predicted molar refractivity (Wildman–Crippen MR) is 90.1 cm³/mol. The van der Waals surface area contributed by atoms with Gasteiger partial charge >= 0.3 is 0 Å². The third kappa shape index (κ3) is 4.37. The minimum Gasteiger partial charge on any atom is -0.356 e. The normalized spacial score (nSPS) is 16.1. The third-order valence-corrected chi connectivity index (χ3v) is 3.90. The molecule has 1 N–H and O–H groups in total. The number of aliphatic imine (C=N–C) groups is 1. The zero-order chi connectivity index (χ0) is 15.9. The van der Waals surface area contributed by atoms with Crippen LogP contribution in [0.5, 0.6) is 0 Å². The van der Waals surface area contributed by atoms with Gasteiger partial charge in [-0.2, -0.15) is 0 Å². The van der Waals surface area contributed by atoms with Crippen LogP contribution in [0.4, 0.5) is 0 Å². The highest BCUT2D eigenvalue weighted by Crippen LogP contribution is 2.13. The number of hydrogen-bond acceptors (Lipinski definition) is 2. The average Bonchev–Trinajstić information content (AvgIpc) is 2.52. The predicted octanol–water partition coefficient (Wildman–Crippen LogP) is 1.97. The lowest BCUT2D eigenvalue weighted by Gasteiger charge is -2.36. The van der Waals surface area contributed by atoms with Gasteiger partial charge in [-0.1, -0.05) is 30.7 Å². The van der Waals surface area contributed by atoms with Crippen molar-refractivity contribution in [2.45, 2.75) is 19.9 Å². The Bertz CT molecular complexity index is 529. The zero-order valence-electron chi connectivity index (χ0n) is 13.2. The van der Waals surface area contributed by atoms with Crippen LogP contribution in [0.15, 0.2) is 29.3 Å². The maximum atomic E-state index is 12.3. The maximum Gasteiger partial charge on any atom is 0.242 e. The number of amides is 1. The molecule has 1 aliphatic rings. The molecule has 22 heavy (non-hydrogen) atoms. The van der Waals surface area contributed by atoms with Crippen LogP contribution in [0.1, 0.15) is 18.9 Å². The van der Waals surface area contributed by atoms with Crippen LogP contribution in [-0.2, 0) is 11.3 Å². The van der Waals surface area contributed by atoms with Gasteiger partial charge in [0.05, 0.1) is 6.54 Å². The summed E-state index contributed by atoms with van der Waals surface area (Å²) in [6.07, 6.45) is 1.03. The van der Waals surface area contributed by atoms with Gasteiger partial charge in [-0.25, -0.2) is 0 Å². The number of nitrogens with zero attached hydrogens (tertiary/aromatic N) is 3. The average molecular weight is 323 g/mol. The van der Waals surface area contributed by atoms with Crippen LogP contribution >= 0.6 is 11.6 Å². The largest absolute Gasteiger partial charge is 0.356 e. The molecule has 1 fully saturated rings. The van der Waals surface area contributed by atoms with Crippen molar-refractivity contribution in [3.63, 3.8) is 0 Å². The molecule has 0 saturated carbocycles. The Hall–Kier alpha value is -1.75. The standard InChI is InChI=1S/C16H23ClN4O/c1-3-8-19-16(18-2)21-10-9-20(15(22)12-21)11-13-4-6-14(17)7-5-13/h4-7H,3,8-12H2,1-2H3,(H,18,19). The van der Waals surface area contributed by atoms with E-state index < -0.39 is 0 Å². The van der Waals surface area contributed by atoms with Gasteiger partial charge in [0.2, 0.25) is 5.91 Å². The number of nitrogens with one attached hydrogen (secondary N) is 1. The molecule has 1 heterocycles. The number of carbonyl (C=O) groups is 1. The van der Waals surface area contributed by atoms with Crippen molar-refractivity contribution in [2.24, 2.45) is 4.99 Å². The molecular weight excluding hydrogens is 300 g/mol. The van der Waals surface area contributed by atoms with Gasteiger partial charge in [0.15, 0.2) is 5.96 Å². The van der Waals surface area contributed by atoms with E-state index in [1.54, 1.807) is 7.05 Å². The van der Waals surface area contributed by atoms with Crippen LogP contribution in [0.2, 0.25) is 5.02 Å². The van der Waals surface area contributed by atoms with Crippen molar-refractivity contribution in [3.05, 3.63) is 34.9 Å². The summed E-state index contributed by atoms with van der Waals surface area (Å²) in [5.74, 6) is 0.932. The number of carbonyl (C=O) groups excluding carboxylic acids is 1. The first kappa shape index (κ1) is 16.6. The summed E-state index contributed by atoms with van der Waals surface area (Å²) in [7, 11) is 1.75. The van der Waals surface area contributed by atoms with Crippen LogP contribution < -0.4 is 5.32 Å². The summed E-state index contributed by atoms with van der Waals surface area (Å²) in [5.41, 5.74) is 1.10. The molecule has 1 amide bonds. The van der Waals surface area contributed by atoms with Crippen molar-refractivity contribution in [2.75, 3.05) is 33.2 Å². The molecule has 120 valence electrons. The summed E-state index contributed by atoms with van der Waals surface area (Å²) in [5, 5.41) is 3.98. The number of benzene rings is 1. The van der Waals surface area contributed by atoms with E-state index in [2.05, 4.69) is 17.2 Å². The van der Waals surface area contributed by atoms with Gasteiger partial charge in [0, 0.05) is 38.2 Å². The summed E-state index contributed by atoms with van der Waals surface area (Å²) in [6, 6.07) is 7.63. The minimum absolute atomic E-state index is 0.126. The third-order valence-electron chi connectivity index (χ3n) is 3.65. The first-order valence-electron chi connectivity index (χ1n) is 7.62. The van der Waals surface area contributed by atoms with Crippen molar-refractivity contribution in [1.29, 1.82) is 0 Å². The Labute approximate surface area is 137 Å². The summed E-state index contributed by atoms with van der Waals surface area (Å²) < 4.78 is 0. The molecule has 0 atom stereocenters. The quantitative estimate of drug-likeness (QED) is 0.681. The van der Waals surface area contributed by atoms with Gasteiger partial charge in [-0.05, 0) is 24.1 Å². The molecule has 1 aliphatic heterocycles. The highest BCUT2D eigenvalue weighted by molar-refractivity contribution is 6.30. The Morgan fingerprint density at radius 3 is 2.64 bits per heavy atom. The molecule has 1 aromatic carbocycles. The SMILES string of the molecule is CCCNC(=NC)N1CCN(Cc2ccc(Cl)cc2)C(=O)C1. The van der Waals surface area contributed by atoms with Gasteiger partial charge < -0.3 is 15.1 Å². The molecule has 0 radical (unpaired) electrons. The van der Waals surface area contributed by atoms with E-state index in [1.165, 1.54) is 0 Å². The Morgan fingerprint density at radius 1 is 1.32 bits per heavy atom. The van der Waals surface area contributed by atoms with Crippen molar-refractivity contribution in [1.82, 2.24) is 15.1 Å². The molecule has 0 aliphatic carbocycles. The second-order valence-electron chi connectivity index (χ2n) is 5.34. The molecule has 0 aromatic heterocycles. The highest BCUT2D eigenvalue weighted by Gasteiger charge is 2.25. The van der Waals surface area contributed by atoms with Crippen LogP contribution in [-0.4, -0.2) is 54.9 Å². The number of rotatable bonds is 4. The fraction of sp³-hybridized carbons (Fsp3) is 0.500. The van der Waals surface area contributed by atoms with Gasteiger partial charge in [-0.3, -0.25) is 9.79 Å². The van der Waals surface area contributed by atoms with Crippen molar-refractivity contribution in [3.8, 4) is 0 Å². The van der Waals surface area contributed by atoms with E-state index in [0.717, 1.165) is 31.0 Å². The van der Waals surface area contributed by atoms with Gasteiger partial charge in [0.25, 0.3) is 0 Å². The lowest BCUT2D eigenvalue weighted by molar-refractivity contribution is -0.135. The summed E-state index contributed by atoms with van der Waals surface area (Å²) in [6.45, 7) is 5.47. The van der Waals surface area contributed by atoms with E-state index in [1.807, 2.05) is 34.1 Å². The van der Waals surface area contributed by atoms with E-state index >= 15 is 0 Å². The van der Waals surface area contributed by atoms with E-state index in [0.29, 0.717) is 24.7 Å². The zero-order valence-corrected chi connectivity index (χ0v) is 13.9. The fourth-order valence-electron chi connectivity index (χ4n) is 2.44. The molecule has 5 nitrogen and oxygen atoms in total. The topological polar surface area (TPSA) is 47.9 Å². The molecule has 1 aromatic rings. The monoisotopic (exact) mass is 322 g/mol.